The van der Waals surface area contributed by atoms with Gasteiger partial charge in [-0.2, -0.15) is 0 Å². The van der Waals surface area contributed by atoms with E-state index in [0.717, 1.165) is 11.1 Å². The fourth-order valence-corrected chi connectivity index (χ4v) is 3.15. The van der Waals surface area contributed by atoms with Gasteiger partial charge in [0.05, 0.1) is 12.7 Å². The lowest BCUT2D eigenvalue weighted by Gasteiger charge is -2.16. The number of hydrogen-bond donors (Lipinski definition) is 3. The Kier molecular flexibility index (Phi) is 5.71. The predicted octanol–water partition coefficient (Wildman–Crippen LogP) is 2.78. The van der Waals surface area contributed by atoms with Crippen LogP contribution < -0.4 is 5.32 Å². The van der Waals surface area contributed by atoms with Gasteiger partial charge in [0, 0.05) is 6.54 Å². The highest BCUT2D eigenvalue weighted by molar-refractivity contribution is 5.75. The van der Waals surface area contributed by atoms with E-state index in [0.29, 0.717) is 19.1 Å². The van der Waals surface area contributed by atoms with Gasteiger partial charge >= 0.3 is 5.97 Å². The van der Waals surface area contributed by atoms with Crippen molar-refractivity contribution in [1.29, 1.82) is 0 Å². The van der Waals surface area contributed by atoms with Crippen LogP contribution in [0.25, 0.3) is 11.1 Å². The first-order valence-corrected chi connectivity index (χ1v) is 8.91. The maximum absolute atomic E-state index is 11.0. The van der Waals surface area contributed by atoms with E-state index in [4.69, 9.17) is 9.84 Å². The third-order valence-electron chi connectivity index (χ3n) is 4.86. The molecule has 0 aliphatic carbocycles. The monoisotopic (exact) mass is 355 g/mol. The van der Waals surface area contributed by atoms with Crippen molar-refractivity contribution in [1.82, 2.24) is 5.32 Å². The minimum Gasteiger partial charge on any atom is -0.480 e. The molecular formula is C21H25NO4. The van der Waals surface area contributed by atoms with E-state index in [-0.39, 0.29) is 0 Å². The van der Waals surface area contributed by atoms with Gasteiger partial charge in [-0.25, -0.2) is 0 Å². The predicted molar refractivity (Wildman–Crippen MR) is 100.0 cm³/mol. The Labute approximate surface area is 153 Å². The SMILES string of the molecule is CC(C)c1ccc(-c2ccc(CO[C@H]3CN[C@@H](C(=O)O)[C@@H]3O)cc2)cc1. The summed E-state index contributed by atoms with van der Waals surface area (Å²) in [6.07, 6.45) is -1.55. The lowest BCUT2D eigenvalue weighted by Crippen LogP contribution is -2.40. The molecule has 138 valence electrons. The van der Waals surface area contributed by atoms with Crippen LogP contribution in [0.1, 0.15) is 30.9 Å². The minimum atomic E-state index is -1.06. The van der Waals surface area contributed by atoms with Crippen LogP contribution in [0, 0.1) is 0 Å². The van der Waals surface area contributed by atoms with Crippen LogP contribution in [0.15, 0.2) is 48.5 Å². The normalized spacial score (nSPS) is 22.7. The molecule has 1 fully saturated rings. The minimum absolute atomic E-state index is 0.332. The molecule has 0 bridgehead atoms. The molecule has 0 unspecified atom stereocenters. The number of carbonyl (C=O) groups is 1. The molecule has 3 N–H and O–H groups in total. The van der Waals surface area contributed by atoms with Crippen molar-refractivity contribution in [2.45, 2.75) is 44.6 Å². The van der Waals surface area contributed by atoms with Crippen molar-refractivity contribution in [3.63, 3.8) is 0 Å². The number of nitrogens with one attached hydrogen (secondary N) is 1. The van der Waals surface area contributed by atoms with Crippen LogP contribution in [0.5, 0.6) is 0 Å². The Morgan fingerprint density at radius 1 is 1.12 bits per heavy atom. The number of rotatable bonds is 6. The van der Waals surface area contributed by atoms with Crippen molar-refractivity contribution in [2.75, 3.05) is 6.54 Å². The standard InChI is InChI=1S/C21H25NO4/c1-13(2)15-7-9-17(10-8-15)16-5-3-14(4-6-16)12-26-18-11-22-19(20(18)23)21(24)25/h3-10,13,18-20,22-23H,11-12H2,1-2H3,(H,24,25)/t18-,19+,20+/m0/s1. The molecular weight excluding hydrogens is 330 g/mol. The van der Waals surface area contributed by atoms with Gasteiger partial charge in [0.2, 0.25) is 0 Å². The summed E-state index contributed by atoms with van der Waals surface area (Å²) in [5, 5.41) is 21.7. The Balaban J connectivity index is 1.59. The van der Waals surface area contributed by atoms with E-state index >= 15 is 0 Å². The van der Waals surface area contributed by atoms with Crippen LogP contribution in [-0.2, 0) is 16.1 Å². The van der Waals surface area contributed by atoms with Crippen molar-refractivity contribution >= 4 is 5.97 Å². The smallest absolute Gasteiger partial charge is 0.323 e. The highest BCUT2D eigenvalue weighted by Gasteiger charge is 2.39. The lowest BCUT2D eigenvalue weighted by molar-refractivity contribution is -0.142. The van der Waals surface area contributed by atoms with Gasteiger partial charge < -0.3 is 14.9 Å². The largest absolute Gasteiger partial charge is 0.480 e. The zero-order valence-electron chi connectivity index (χ0n) is 15.1. The molecule has 0 aromatic heterocycles. The van der Waals surface area contributed by atoms with E-state index in [2.05, 4.69) is 43.4 Å². The second-order valence-corrected chi connectivity index (χ2v) is 7.04. The highest BCUT2D eigenvalue weighted by Crippen LogP contribution is 2.23. The summed E-state index contributed by atoms with van der Waals surface area (Å²) in [5.74, 6) is -0.541. The Morgan fingerprint density at radius 2 is 1.69 bits per heavy atom. The van der Waals surface area contributed by atoms with Crippen molar-refractivity contribution < 1.29 is 19.7 Å². The van der Waals surface area contributed by atoms with E-state index in [9.17, 15) is 9.90 Å². The Bertz CT molecular complexity index is 740. The van der Waals surface area contributed by atoms with Gasteiger partial charge in [-0.1, -0.05) is 62.4 Å². The summed E-state index contributed by atoms with van der Waals surface area (Å²) in [4.78, 5) is 11.0. The zero-order valence-corrected chi connectivity index (χ0v) is 15.1. The first kappa shape index (κ1) is 18.6. The maximum atomic E-state index is 11.0. The molecule has 3 atom stereocenters. The van der Waals surface area contributed by atoms with Crippen molar-refractivity contribution in [3.05, 3.63) is 59.7 Å². The number of aliphatic hydroxyl groups excluding tert-OH is 1. The fraction of sp³-hybridized carbons (Fsp3) is 0.381. The van der Waals surface area contributed by atoms with Crippen LogP contribution in [0.3, 0.4) is 0 Å². The topological polar surface area (TPSA) is 78.8 Å². The molecule has 5 nitrogen and oxygen atoms in total. The van der Waals surface area contributed by atoms with Gasteiger partial charge in [0.25, 0.3) is 0 Å². The molecule has 5 heteroatoms. The molecule has 1 saturated heterocycles. The molecule has 0 spiro atoms. The van der Waals surface area contributed by atoms with Crippen LogP contribution in [0.4, 0.5) is 0 Å². The lowest BCUT2D eigenvalue weighted by atomic mass is 9.98. The fourth-order valence-electron chi connectivity index (χ4n) is 3.15. The molecule has 1 aliphatic heterocycles. The molecule has 26 heavy (non-hydrogen) atoms. The zero-order chi connectivity index (χ0) is 18.7. The quantitative estimate of drug-likeness (QED) is 0.743. The molecule has 1 aliphatic rings. The van der Waals surface area contributed by atoms with Gasteiger partial charge in [0.1, 0.15) is 12.1 Å². The summed E-state index contributed by atoms with van der Waals surface area (Å²) in [6, 6.07) is 15.7. The summed E-state index contributed by atoms with van der Waals surface area (Å²) in [6.45, 7) is 5.03. The first-order valence-electron chi connectivity index (χ1n) is 8.91. The number of benzene rings is 2. The van der Waals surface area contributed by atoms with Gasteiger partial charge in [-0.3, -0.25) is 10.1 Å². The van der Waals surface area contributed by atoms with Crippen molar-refractivity contribution in [2.24, 2.45) is 0 Å². The average Bonchev–Trinajstić information content (AvgIpc) is 3.01. The summed E-state index contributed by atoms with van der Waals surface area (Å²) in [7, 11) is 0. The number of hydrogen-bond acceptors (Lipinski definition) is 4. The molecule has 2 aromatic carbocycles. The summed E-state index contributed by atoms with van der Waals surface area (Å²) in [5.41, 5.74) is 4.61. The second-order valence-electron chi connectivity index (χ2n) is 7.04. The van der Waals surface area contributed by atoms with Crippen LogP contribution in [0.2, 0.25) is 0 Å². The number of ether oxygens (including phenoxy) is 1. The van der Waals surface area contributed by atoms with Gasteiger partial charge in [-0.15, -0.1) is 0 Å². The average molecular weight is 355 g/mol. The van der Waals surface area contributed by atoms with E-state index < -0.39 is 24.2 Å². The van der Waals surface area contributed by atoms with Gasteiger partial charge in [-0.05, 0) is 28.2 Å². The van der Waals surface area contributed by atoms with E-state index in [1.165, 1.54) is 11.1 Å². The number of aliphatic hydroxyl groups is 1. The molecule has 0 saturated carbocycles. The maximum Gasteiger partial charge on any atom is 0.323 e. The Morgan fingerprint density at radius 3 is 2.19 bits per heavy atom. The Hall–Kier alpha value is -2.21. The van der Waals surface area contributed by atoms with Crippen molar-refractivity contribution in [3.8, 4) is 11.1 Å². The first-order chi connectivity index (χ1) is 12.5. The van der Waals surface area contributed by atoms with E-state index in [1.807, 2.05) is 24.3 Å². The molecule has 3 rings (SSSR count). The van der Waals surface area contributed by atoms with E-state index in [1.54, 1.807) is 0 Å². The molecule has 2 aromatic rings. The second kappa shape index (κ2) is 7.99. The third-order valence-corrected chi connectivity index (χ3v) is 4.86. The highest BCUT2D eigenvalue weighted by atomic mass is 16.5. The molecule has 1 heterocycles. The van der Waals surface area contributed by atoms with Gasteiger partial charge in [0.15, 0.2) is 0 Å². The number of carboxylic acids is 1. The number of aliphatic carboxylic acids is 1. The number of carboxylic acid groups (broad SMARTS) is 1. The third kappa shape index (κ3) is 4.12. The summed E-state index contributed by atoms with van der Waals surface area (Å²) >= 11 is 0. The molecule has 0 amide bonds. The molecule has 0 radical (unpaired) electrons. The van der Waals surface area contributed by atoms with Crippen LogP contribution in [-0.4, -0.2) is 41.0 Å². The van der Waals surface area contributed by atoms with Crippen LogP contribution >= 0.6 is 0 Å². The summed E-state index contributed by atoms with van der Waals surface area (Å²) < 4.78 is 5.69.